The molecule has 0 bridgehead atoms. The van der Waals surface area contributed by atoms with Gasteiger partial charge in [0.2, 0.25) is 5.95 Å². The summed E-state index contributed by atoms with van der Waals surface area (Å²) in [6.45, 7) is 0.413. The van der Waals surface area contributed by atoms with Crippen molar-refractivity contribution in [3.05, 3.63) is 53.7 Å². The number of halogens is 2. The quantitative estimate of drug-likeness (QED) is 0.386. The van der Waals surface area contributed by atoms with Crippen LogP contribution in [0.2, 0.25) is 0 Å². The molecule has 0 unspecified atom stereocenters. The number of imidazole rings is 1. The highest BCUT2D eigenvalue weighted by molar-refractivity contribution is 5.84. The highest BCUT2D eigenvalue weighted by atomic mass is 19.3. The molecule has 0 aromatic carbocycles. The molecule has 1 aliphatic rings. The molecule has 0 amide bonds. The van der Waals surface area contributed by atoms with Gasteiger partial charge in [-0.05, 0) is 18.6 Å². The Kier molecular flexibility index (Phi) is 5.63. The number of rotatable bonds is 6. The highest BCUT2D eigenvalue weighted by Gasteiger charge is 2.38. The molecule has 4 aromatic rings. The minimum absolute atomic E-state index is 0.144. The Morgan fingerprint density at radius 3 is 2.81 bits per heavy atom. The molecule has 184 valence electrons. The number of fused-ring (bicyclic) bond motifs is 2. The fourth-order valence-electron chi connectivity index (χ4n) is 4.03. The van der Waals surface area contributed by atoms with Crippen LogP contribution in [0.5, 0.6) is 11.5 Å². The monoisotopic (exact) mass is 493 g/mol. The largest absolute Gasteiger partial charge is 0.495 e. The zero-order chi connectivity index (χ0) is 25.4. The van der Waals surface area contributed by atoms with Gasteiger partial charge in [-0.3, -0.25) is 4.68 Å². The SMILES string of the molecule is COc1ccc(/C(=C\N)Oc2cnc3nc(Nc4cc5n(n4)CCCC5(F)F)n(C)c3c2C#N)nc1. The Bertz CT molecular complexity index is 1520. The topological polar surface area (TPSA) is 142 Å². The number of alkyl halides is 2. The van der Waals surface area contributed by atoms with E-state index in [1.54, 1.807) is 23.7 Å². The third kappa shape index (κ3) is 3.92. The van der Waals surface area contributed by atoms with E-state index in [4.69, 9.17) is 15.2 Å². The van der Waals surface area contributed by atoms with Gasteiger partial charge < -0.3 is 25.1 Å². The number of nitrogens with one attached hydrogen (secondary N) is 1. The van der Waals surface area contributed by atoms with Crippen LogP contribution in [0.3, 0.4) is 0 Å². The summed E-state index contributed by atoms with van der Waals surface area (Å²) in [4.78, 5) is 13.0. The van der Waals surface area contributed by atoms with E-state index in [-0.39, 0.29) is 46.6 Å². The first kappa shape index (κ1) is 23.0. The van der Waals surface area contributed by atoms with E-state index in [0.29, 0.717) is 29.9 Å². The van der Waals surface area contributed by atoms with Gasteiger partial charge in [0, 0.05) is 32.3 Å². The average Bonchev–Trinajstić information content (AvgIpc) is 3.44. The lowest BCUT2D eigenvalue weighted by molar-refractivity contribution is -0.0364. The van der Waals surface area contributed by atoms with Gasteiger partial charge in [-0.15, -0.1) is 0 Å². The van der Waals surface area contributed by atoms with E-state index in [1.165, 1.54) is 36.5 Å². The van der Waals surface area contributed by atoms with E-state index in [1.807, 2.05) is 0 Å². The molecule has 5 rings (SSSR count). The van der Waals surface area contributed by atoms with E-state index in [0.717, 1.165) is 0 Å². The van der Waals surface area contributed by atoms with E-state index >= 15 is 0 Å². The standard InChI is InChI=1S/C23H21F2N9O2/c1-33-20-14(9-26)17(36-16(10-27)15-5-4-13(35-2)11-28-15)12-29-21(20)31-22(33)30-19-8-18-23(24,25)6-3-7-34(18)32-19/h4-5,8,10-12H,3,6-7,27H2,1-2H3,(H,29,30,31,32)/b16-10+. The molecule has 0 saturated heterocycles. The van der Waals surface area contributed by atoms with Crippen molar-refractivity contribution in [1.82, 2.24) is 29.3 Å². The van der Waals surface area contributed by atoms with Crippen molar-refractivity contribution < 1.29 is 18.3 Å². The normalized spacial score (nSPS) is 14.8. The predicted molar refractivity (Wildman–Crippen MR) is 125 cm³/mol. The summed E-state index contributed by atoms with van der Waals surface area (Å²) in [5, 5.41) is 17.1. The lowest BCUT2D eigenvalue weighted by Gasteiger charge is -2.22. The molecular weight excluding hydrogens is 472 g/mol. The first-order valence-corrected chi connectivity index (χ1v) is 10.9. The van der Waals surface area contributed by atoms with Crippen molar-refractivity contribution in [2.24, 2.45) is 12.8 Å². The number of aryl methyl sites for hydroxylation is 2. The number of ether oxygens (including phenoxy) is 2. The molecule has 0 fully saturated rings. The zero-order valence-electron chi connectivity index (χ0n) is 19.4. The second-order valence-electron chi connectivity index (χ2n) is 8.06. The van der Waals surface area contributed by atoms with Gasteiger partial charge in [0.15, 0.2) is 23.0 Å². The van der Waals surface area contributed by atoms with Gasteiger partial charge in [0.25, 0.3) is 5.92 Å². The van der Waals surface area contributed by atoms with Crippen LogP contribution < -0.4 is 20.5 Å². The Labute approximate surface area is 203 Å². The summed E-state index contributed by atoms with van der Waals surface area (Å²) in [6, 6.07) is 6.80. The molecule has 4 aromatic heterocycles. The molecule has 0 radical (unpaired) electrons. The number of nitriles is 1. The smallest absolute Gasteiger partial charge is 0.289 e. The van der Waals surface area contributed by atoms with Crippen LogP contribution in [0.15, 0.2) is 36.8 Å². The van der Waals surface area contributed by atoms with Crippen molar-refractivity contribution in [3.63, 3.8) is 0 Å². The molecule has 36 heavy (non-hydrogen) atoms. The molecule has 0 spiro atoms. The van der Waals surface area contributed by atoms with Crippen LogP contribution in [0.4, 0.5) is 20.5 Å². The molecule has 5 heterocycles. The van der Waals surface area contributed by atoms with E-state index in [2.05, 4.69) is 31.4 Å². The van der Waals surface area contributed by atoms with Gasteiger partial charge in [0.1, 0.15) is 34.3 Å². The van der Waals surface area contributed by atoms with Crippen molar-refractivity contribution in [3.8, 4) is 17.6 Å². The summed E-state index contributed by atoms with van der Waals surface area (Å²) < 4.78 is 42.4. The molecule has 0 aliphatic carbocycles. The van der Waals surface area contributed by atoms with E-state index < -0.39 is 5.92 Å². The number of pyridine rings is 2. The molecule has 0 atom stereocenters. The summed E-state index contributed by atoms with van der Waals surface area (Å²) in [7, 11) is 3.19. The van der Waals surface area contributed by atoms with Gasteiger partial charge >= 0.3 is 0 Å². The van der Waals surface area contributed by atoms with E-state index in [9.17, 15) is 14.0 Å². The minimum Gasteiger partial charge on any atom is -0.495 e. The predicted octanol–water partition coefficient (Wildman–Crippen LogP) is 3.41. The van der Waals surface area contributed by atoms with Crippen LogP contribution in [-0.4, -0.2) is 36.4 Å². The number of nitrogens with zero attached hydrogens (tertiary/aromatic N) is 7. The number of aromatic nitrogens is 6. The molecule has 3 N–H and O–H groups in total. The van der Waals surface area contributed by atoms with Crippen molar-refractivity contribution in [2.75, 3.05) is 12.4 Å². The fourth-order valence-corrected chi connectivity index (χ4v) is 4.03. The van der Waals surface area contributed by atoms with Crippen LogP contribution >= 0.6 is 0 Å². The second kappa shape index (κ2) is 8.81. The van der Waals surface area contributed by atoms with Gasteiger partial charge in [0.05, 0.1) is 19.5 Å². The summed E-state index contributed by atoms with van der Waals surface area (Å²) >= 11 is 0. The Morgan fingerprint density at radius 2 is 2.14 bits per heavy atom. The van der Waals surface area contributed by atoms with Crippen molar-refractivity contribution >= 4 is 28.7 Å². The van der Waals surface area contributed by atoms with Crippen molar-refractivity contribution in [2.45, 2.75) is 25.3 Å². The zero-order valence-corrected chi connectivity index (χ0v) is 19.4. The summed E-state index contributed by atoms with van der Waals surface area (Å²) in [6.07, 6.45) is 4.23. The number of hydrogen-bond acceptors (Lipinski definition) is 9. The van der Waals surface area contributed by atoms with Gasteiger partial charge in [-0.25, -0.2) is 9.97 Å². The molecule has 13 heteroatoms. The van der Waals surface area contributed by atoms with Crippen LogP contribution in [0, 0.1) is 11.3 Å². The maximum atomic E-state index is 14.2. The summed E-state index contributed by atoms with van der Waals surface area (Å²) in [5.74, 6) is -1.53. The van der Waals surface area contributed by atoms with Crippen LogP contribution in [-0.2, 0) is 19.5 Å². The van der Waals surface area contributed by atoms with Gasteiger partial charge in [-0.1, -0.05) is 0 Å². The summed E-state index contributed by atoms with van der Waals surface area (Å²) in [5.41, 5.74) is 6.84. The molecule has 11 nitrogen and oxygen atoms in total. The number of methoxy groups -OCH3 is 1. The maximum absolute atomic E-state index is 14.2. The Hall–Kier alpha value is -4.73. The Morgan fingerprint density at radius 1 is 1.31 bits per heavy atom. The van der Waals surface area contributed by atoms with Gasteiger partial charge in [-0.2, -0.15) is 24.1 Å². The minimum atomic E-state index is -2.94. The first-order valence-electron chi connectivity index (χ1n) is 10.9. The number of anilines is 2. The third-order valence-corrected chi connectivity index (χ3v) is 5.83. The number of nitrogens with two attached hydrogens (primary N) is 1. The lowest BCUT2D eigenvalue weighted by atomic mass is 10.1. The second-order valence-corrected chi connectivity index (χ2v) is 8.06. The maximum Gasteiger partial charge on any atom is 0.289 e. The molecule has 1 aliphatic heterocycles. The van der Waals surface area contributed by atoms with Crippen molar-refractivity contribution in [1.29, 1.82) is 5.26 Å². The van der Waals surface area contributed by atoms with Crippen LogP contribution in [0.25, 0.3) is 16.9 Å². The lowest BCUT2D eigenvalue weighted by Crippen LogP contribution is -2.25. The average molecular weight is 493 g/mol. The third-order valence-electron chi connectivity index (χ3n) is 5.83. The molecule has 0 saturated carbocycles. The Balaban J connectivity index is 1.48. The fraction of sp³-hybridized carbons (Fsp3) is 0.261. The van der Waals surface area contributed by atoms with Crippen LogP contribution in [0.1, 0.15) is 29.8 Å². The highest BCUT2D eigenvalue weighted by Crippen LogP contribution is 2.38. The number of hydrogen-bond donors (Lipinski definition) is 2. The first-order chi connectivity index (χ1) is 17.3. The molecular formula is C23H21F2N9O2.